The third-order valence-electron chi connectivity index (χ3n) is 4.01. The number of ketones is 1. The number of Topliss-reactive ketones (excluding diaryl/α,β-unsaturated/α-hetero) is 1. The van der Waals surface area contributed by atoms with Gasteiger partial charge in [0, 0.05) is 11.1 Å². The van der Waals surface area contributed by atoms with E-state index in [-0.39, 0.29) is 16.9 Å². The summed E-state index contributed by atoms with van der Waals surface area (Å²) < 4.78 is 21.4. The van der Waals surface area contributed by atoms with Crippen molar-refractivity contribution in [3.8, 4) is 23.0 Å². The first-order chi connectivity index (χ1) is 12.5. The molecule has 0 N–H and O–H groups in total. The second-order valence-electron chi connectivity index (χ2n) is 5.36. The van der Waals surface area contributed by atoms with E-state index in [1.165, 1.54) is 28.4 Å². The van der Waals surface area contributed by atoms with Crippen molar-refractivity contribution >= 4 is 16.9 Å². The highest BCUT2D eigenvalue weighted by molar-refractivity contribution is 6.42. The minimum Gasteiger partial charge on any atom is -0.496 e. The molecule has 0 aliphatic rings. The summed E-state index contributed by atoms with van der Waals surface area (Å²) >= 11 is 0. The van der Waals surface area contributed by atoms with Crippen LogP contribution in [-0.2, 0) is 4.79 Å². The number of carbonyl (C=O) groups excluding carboxylic acids is 1. The van der Waals surface area contributed by atoms with E-state index in [1.807, 2.05) is 0 Å². The van der Waals surface area contributed by atoms with E-state index in [9.17, 15) is 4.79 Å². The Morgan fingerprint density at radius 3 is 1.15 bits per heavy atom. The van der Waals surface area contributed by atoms with Crippen molar-refractivity contribution in [1.29, 1.82) is 0 Å². The molecule has 0 saturated heterocycles. The van der Waals surface area contributed by atoms with E-state index >= 15 is 0 Å². The van der Waals surface area contributed by atoms with Crippen molar-refractivity contribution in [2.75, 3.05) is 28.4 Å². The van der Waals surface area contributed by atoms with Crippen LogP contribution in [0.3, 0.4) is 0 Å². The average molecular weight is 354 g/mol. The zero-order valence-electron chi connectivity index (χ0n) is 15.4. The Balaban J connectivity index is 2.51. The number of hydrogen-bond donors (Lipinski definition) is 0. The molecule has 0 radical (unpaired) electrons. The summed E-state index contributed by atoms with van der Waals surface area (Å²) in [6.45, 7) is 7.90. The van der Waals surface area contributed by atoms with Gasteiger partial charge in [0.2, 0.25) is 0 Å². The predicted molar refractivity (Wildman–Crippen MR) is 102 cm³/mol. The molecule has 0 saturated carbocycles. The first-order valence-electron chi connectivity index (χ1n) is 7.85. The molecule has 5 nitrogen and oxygen atoms in total. The van der Waals surface area contributed by atoms with E-state index in [4.69, 9.17) is 18.9 Å². The fourth-order valence-electron chi connectivity index (χ4n) is 2.71. The maximum atomic E-state index is 13.1. The molecule has 0 atom stereocenters. The van der Waals surface area contributed by atoms with Crippen LogP contribution >= 0.6 is 0 Å². The Kier molecular flexibility index (Phi) is 6.07. The summed E-state index contributed by atoms with van der Waals surface area (Å²) in [6, 6.07) is 10.5. The molecule has 0 aliphatic carbocycles. The third-order valence-corrected chi connectivity index (χ3v) is 4.01. The highest BCUT2D eigenvalue weighted by atomic mass is 16.5. The molecule has 2 aromatic carbocycles. The van der Waals surface area contributed by atoms with Crippen LogP contribution in [0.1, 0.15) is 11.1 Å². The van der Waals surface area contributed by atoms with Crippen LogP contribution in [0.5, 0.6) is 23.0 Å². The lowest BCUT2D eigenvalue weighted by Crippen LogP contribution is -2.08. The number of rotatable bonds is 8. The molecule has 0 fully saturated rings. The van der Waals surface area contributed by atoms with Gasteiger partial charge in [-0.05, 0) is 24.3 Å². The molecule has 0 amide bonds. The van der Waals surface area contributed by atoms with Crippen LogP contribution in [0.25, 0.3) is 11.1 Å². The van der Waals surface area contributed by atoms with Crippen molar-refractivity contribution in [2.45, 2.75) is 0 Å². The van der Waals surface area contributed by atoms with E-state index in [0.29, 0.717) is 34.1 Å². The number of allylic oxidation sites excluding steroid dienone is 2. The van der Waals surface area contributed by atoms with Gasteiger partial charge in [0.1, 0.15) is 23.0 Å². The minimum atomic E-state index is -0.365. The molecule has 0 unspecified atom stereocenters. The first-order valence-corrected chi connectivity index (χ1v) is 7.85. The van der Waals surface area contributed by atoms with Gasteiger partial charge in [-0.25, -0.2) is 0 Å². The molecular weight excluding hydrogens is 332 g/mol. The first kappa shape index (κ1) is 19.1. The maximum Gasteiger partial charge on any atom is 0.193 e. The van der Waals surface area contributed by atoms with Gasteiger partial charge in [0.05, 0.1) is 39.6 Å². The van der Waals surface area contributed by atoms with Gasteiger partial charge >= 0.3 is 0 Å². The monoisotopic (exact) mass is 354 g/mol. The van der Waals surface area contributed by atoms with E-state index < -0.39 is 0 Å². The standard InChI is InChI=1S/C21H22O5/c1-13(19-15(23-3)9-7-10-16(19)24-4)21(22)14(2)20-17(25-5)11-8-12-18(20)26-6/h7-12H,1-2H2,3-6H3. The molecule has 2 aromatic rings. The van der Waals surface area contributed by atoms with Crippen LogP contribution in [-0.4, -0.2) is 34.2 Å². The van der Waals surface area contributed by atoms with E-state index in [0.717, 1.165) is 0 Å². The topological polar surface area (TPSA) is 54.0 Å². The fourth-order valence-corrected chi connectivity index (χ4v) is 2.71. The molecule has 0 bridgehead atoms. The van der Waals surface area contributed by atoms with Gasteiger partial charge in [0.15, 0.2) is 5.78 Å². The zero-order chi connectivity index (χ0) is 19.3. The number of hydrogen-bond acceptors (Lipinski definition) is 5. The highest BCUT2D eigenvalue weighted by Crippen LogP contribution is 2.40. The second kappa shape index (κ2) is 8.25. The smallest absolute Gasteiger partial charge is 0.193 e. The molecule has 0 heterocycles. The Bertz CT molecular complexity index is 737. The number of benzene rings is 2. The number of ether oxygens (including phenoxy) is 4. The van der Waals surface area contributed by atoms with Gasteiger partial charge in [-0.3, -0.25) is 4.79 Å². The summed E-state index contributed by atoms with van der Waals surface area (Å²) in [5, 5.41) is 0. The molecule has 0 aliphatic heterocycles. The lowest BCUT2D eigenvalue weighted by molar-refractivity contribution is -0.108. The summed E-state index contributed by atoms with van der Waals surface area (Å²) in [6.07, 6.45) is 0. The quantitative estimate of drug-likeness (QED) is 0.670. The number of carbonyl (C=O) groups is 1. The SMILES string of the molecule is C=C(C(=O)C(=C)c1c(OC)cccc1OC)c1c(OC)cccc1OC. The van der Waals surface area contributed by atoms with Crippen molar-refractivity contribution < 1.29 is 23.7 Å². The van der Waals surface area contributed by atoms with Crippen LogP contribution < -0.4 is 18.9 Å². The lowest BCUT2D eigenvalue weighted by atomic mass is 9.92. The van der Waals surface area contributed by atoms with E-state index in [1.54, 1.807) is 36.4 Å². The largest absolute Gasteiger partial charge is 0.496 e. The summed E-state index contributed by atoms with van der Waals surface area (Å²) in [5.41, 5.74) is 1.38. The van der Waals surface area contributed by atoms with Crippen molar-refractivity contribution in [3.05, 3.63) is 60.7 Å². The molecule has 0 aromatic heterocycles. The minimum absolute atomic E-state index is 0.206. The summed E-state index contributed by atoms with van der Waals surface area (Å²) in [5.74, 6) is 1.59. The molecule has 136 valence electrons. The zero-order valence-corrected chi connectivity index (χ0v) is 15.4. The van der Waals surface area contributed by atoms with Crippen LogP contribution in [0.15, 0.2) is 49.6 Å². The maximum absolute atomic E-state index is 13.1. The second-order valence-corrected chi connectivity index (χ2v) is 5.36. The van der Waals surface area contributed by atoms with Crippen LogP contribution in [0.2, 0.25) is 0 Å². The van der Waals surface area contributed by atoms with Gasteiger partial charge in [-0.15, -0.1) is 0 Å². The Morgan fingerprint density at radius 2 is 0.923 bits per heavy atom. The van der Waals surface area contributed by atoms with Crippen molar-refractivity contribution in [3.63, 3.8) is 0 Å². The van der Waals surface area contributed by atoms with E-state index in [2.05, 4.69) is 13.2 Å². The summed E-state index contributed by atoms with van der Waals surface area (Å²) in [4.78, 5) is 13.1. The average Bonchev–Trinajstić information content (AvgIpc) is 2.70. The normalized spacial score (nSPS) is 10.0. The Morgan fingerprint density at radius 1 is 0.654 bits per heavy atom. The molecule has 0 spiro atoms. The predicted octanol–water partition coefficient (Wildman–Crippen LogP) is 4.02. The van der Waals surface area contributed by atoms with Gasteiger partial charge in [-0.2, -0.15) is 0 Å². The molecular formula is C21H22O5. The van der Waals surface area contributed by atoms with Crippen LogP contribution in [0.4, 0.5) is 0 Å². The molecule has 5 heteroatoms. The van der Waals surface area contributed by atoms with Gasteiger partial charge in [-0.1, -0.05) is 25.3 Å². The van der Waals surface area contributed by atoms with Crippen LogP contribution in [0, 0.1) is 0 Å². The van der Waals surface area contributed by atoms with Gasteiger partial charge < -0.3 is 18.9 Å². The molecule has 26 heavy (non-hydrogen) atoms. The van der Waals surface area contributed by atoms with Crippen molar-refractivity contribution in [2.24, 2.45) is 0 Å². The lowest BCUT2D eigenvalue weighted by Gasteiger charge is -2.17. The third kappa shape index (κ3) is 3.42. The fraction of sp³-hybridized carbons (Fsp3) is 0.190. The Hall–Kier alpha value is -3.21. The number of methoxy groups -OCH3 is 4. The van der Waals surface area contributed by atoms with Crippen molar-refractivity contribution in [1.82, 2.24) is 0 Å². The highest BCUT2D eigenvalue weighted by Gasteiger charge is 2.25. The Labute approximate surface area is 153 Å². The molecule has 2 rings (SSSR count). The summed E-state index contributed by atoms with van der Waals surface area (Å²) in [7, 11) is 6.09. The van der Waals surface area contributed by atoms with Gasteiger partial charge in [0.25, 0.3) is 0 Å².